The summed E-state index contributed by atoms with van der Waals surface area (Å²) in [6.07, 6.45) is 4.37. The molecule has 0 spiro atoms. The van der Waals surface area contributed by atoms with Crippen LogP contribution in [-0.4, -0.2) is 20.7 Å². The summed E-state index contributed by atoms with van der Waals surface area (Å²) in [5, 5.41) is 0. The Labute approximate surface area is 144 Å². The Hall–Kier alpha value is -3.15. The first kappa shape index (κ1) is 16.7. The van der Waals surface area contributed by atoms with Gasteiger partial charge in [-0.2, -0.15) is 0 Å². The molecule has 6 heteroatoms. The number of ketones is 1. The van der Waals surface area contributed by atoms with Gasteiger partial charge in [0.05, 0.1) is 18.8 Å². The smallest absolute Gasteiger partial charge is 0.169 e. The Kier molecular flexibility index (Phi) is 4.79. The van der Waals surface area contributed by atoms with Crippen molar-refractivity contribution in [1.29, 1.82) is 0 Å². The quantitative estimate of drug-likeness (QED) is 0.662. The molecule has 126 valence electrons. The Morgan fingerprint density at radius 2 is 1.84 bits per heavy atom. The summed E-state index contributed by atoms with van der Waals surface area (Å²) in [6, 6.07) is 7.62. The topological polar surface area (TPSA) is 65.0 Å². The van der Waals surface area contributed by atoms with Crippen LogP contribution < -0.4 is 4.74 Å². The highest BCUT2D eigenvalue weighted by Crippen LogP contribution is 2.23. The van der Waals surface area contributed by atoms with E-state index >= 15 is 0 Å². The lowest BCUT2D eigenvalue weighted by Gasteiger charge is -2.08. The average molecular weight is 337 g/mol. The molecule has 0 atom stereocenters. The number of carbonyl (C=O) groups is 1. The maximum atomic E-state index is 13.9. The molecule has 5 nitrogen and oxygen atoms in total. The highest BCUT2D eigenvalue weighted by molar-refractivity contribution is 5.97. The number of carbonyl (C=O) groups excluding carboxylic acids is 1. The van der Waals surface area contributed by atoms with E-state index < -0.39 is 5.82 Å². The van der Waals surface area contributed by atoms with Crippen LogP contribution in [0.2, 0.25) is 0 Å². The fraction of sp³-hybridized carbons (Fsp3) is 0.158. The number of hydrogen-bond donors (Lipinski definition) is 0. The Bertz CT molecular complexity index is 914. The molecule has 0 N–H and O–H groups in total. The first-order valence-electron chi connectivity index (χ1n) is 7.71. The highest BCUT2D eigenvalue weighted by Gasteiger charge is 2.12. The zero-order valence-electron chi connectivity index (χ0n) is 13.9. The maximum absolute atomic E-state index is 13.9. The van der Waals surface area contributed by atoms with Crippen molar-refractivity contribution in [3.8, 4) is 11.5 Å². The van der Waals surface area contributed by atoms with Gasteiger partial charge in [-0.1, -0.05) is 6.07 Å². The van der Waals surface area contributed by atoms with Gasteiger partial charge in [-0.3, -0.25) is 9.78 Å². The summed E-state index contributed by atoms with van der Waals surface area (Å²) in [6.45, 7) is 3.84. The molecule has 0 amide bonds. The number of nitrogens with zero attached hydrogens (tertiary/aromatic N) is 3. The van der Waals surface area contributed by atoms with Gasteiger partial charge in [0.15, 0.2) is 11.5 Å². The molecule has 3 aromatic rings. The summed E-state index contributed by atoms with van der Waals surface area (Å²) in [7, 11) is 0. The third-order valence-corrected chi connectivity index (χ3v) is 3.72. The number of Topliss-reactive ketones (excluding diaryl/α,β-unsaturated/α-hetero) is 1. The van der Waals surface area contributed by atoms with Crippen LogP contribution in [0.4, 0.5) is 4.39 Å². The van der Waals surface area contributed by atoms with Crippen LogP contribution in [0.5, 0.6) is 11.5 Å². The van der Waals surface area contributed by atoms with Gasteiger partial charge in [0.2, 0.25) is 0 Å². The molecule has 0 saturated carbocycles. The molecule has 0 aliphatic heterocycles. The minimum atomic E-state index is -0.550. The number of aryl methyl sites for hydroxylation is 2. The van der Waals surface area contributed by atoms with Gasteiger partial charge < -0.3 is 4.74 Å². The van der Waals surface area contributed by atoms with Crippen molar-refractivity contribution in [3.63, 3.8) is 0 Å². The second-order valence-electron chi connectivity index (χ2n) is 5.66. The minimum absolute atomic E-state index is 0.0957. The van der Waals surface area contributed by atoms with Crippen molar-refractivity contribution in [2.75, 3.05) is 0 Å². The fourth-order valence-electron chi connectivity index (χ4n) is 2.30. The molecular weight excluding hydrogens is 321 g/mol. The molecule has 2 heterocycles. The molecule has 1 aromatic carbocycles. The molecule has 0 saturated heterocycles. The number of hydrogen-bond acceptors (Lipinski definition) is 5. The van der Waals surface area contributed by atoms with E-state index in [4.69, 9.17) is 4.74 Å². The number of pyridine rings is 1. The van der Waals surface area contributed by atoms with E-state index in [1.807, 2.05) is 19.9 Å². The van der Waals surface area contributed by atoms with E-state index in [1.165, 1.54) is 36.9 Å². The van der Waals surface area contributed by atoms with Crippen LogP contribution in [0.1, 0.15) is 27.3 Å². The second kappa shape index (κ2) is 7.17. The maximum Gasteiger partial charge on any atom is 0.169 e. The van der Waals surface area contributed by atoms with Gasteiger partial charge in [0, 0.05) is 23.0 Å². The third kappa shape index (κ3) is 4.23. The van der Waals surface area contributed by atoms with E-state index in [-0.39, 0.29) is 23.5 Å². The molecule has 25 heavy (non-hydrogen) atoms. The van der Waals surface area contributed by atoms with Crippen LogP contribution in [0.15, 0.2) is 49.1 Å². The number of aromatic nitrogens is 3. The van der Waals surface area contributed by atoms with E-state index in [9.17, 15) is 9.18 Å². The van der Waals surface area contributed by atoms with E-state index in [0.717, 1.165) is 11.3 Å². The van der Waals surface area contributed by atoms with Crippen molar-refractivity contribution in [2.24, 2.45) is 0 Å². The standard InChI is InChI=1S/C19H16FN3O2/c1-12-3-4-16(23-13(12)2)8-19(24)14-5-15(20)7-17(6-14)25-18-9-21-11-22-10-18/h3-7,9-11H,8H2,1-2H3. The summed E-state index contributed by atoms with van der Waals surface area (Å²) in [5.74, 6) is -0.205. The SMILES string of the molecule is Cc1ccc(CC(=O)c2cc(F)cc(Oc3cncnc3)c2)nc1C. The number of benzene rings is 1. The fourth-order valence-corrected chi connectivity index (χ4v) is 2.30. The van der Waals surface area contributed by atoms with Crippen LogP contribution in [-0.2, 0) is 6.42 Å². The molecule has 0 unspecified atom stereocenters. The molecular formula is C19H16FN3O2. The zero-order chi connectivity index (χ0) is 17.8. The van der Waals surface area contributed by atoms with E-state index in [2.05, 4.69) is 15.0 Å². The Morgan fingerprint density at radius 3 is 2.56 bits per heavy atom. The lowest BCUT2D eigenvalue weighted by Crippen LogP contribution is -2.07. The van der Waals surface area contributed by atoms with Crippen molar-refractivity contribution in [1.82, 2.24) is 15.0 Å². The first-order chi connectivity index (χ1) is 12.0. The summed E-state index contributed by atoms with van der Waals surface area (Å²) in [5.41, 5.74) is 2.81. The predicted molar refractivity (Wildman–Crippen MR) is 90.3 cm³/mol. The van der Waals surface area contributed by atoms with E-state index in [1.54, 1.807) is 6.07 Å². The van der Waals surface area contributed by atoms with Gasteiger partial charge in [0.1, 0.15) is 17.9 Å². The summed E-state index contributed by atoms with van der Waals surface area (Å²) >= 11 is 0. The van der Waals surface area contributed by atoms with Crippen LogP contribution in [0, 0.1) is 19.7 Å². The molecule has 0 aliphatic carbocycles. The molecule has 3 rings (SSSR count). The van der Waals surface area contributed by atoms with Crippen molar-refractivity contribution >= 4 is 5.78 Å². The highest BCUT2D eigenvalue weighted by atomic mass is 19.1. The van der Waals surface area contributed by atoms with Crippen LogP contribution >= 0.6 is 0 Å². The van der Waals surface area contributed by atoms with Crippen LogP contribution in [0.3, 0.4) is 0 Å². The predicted octanol–water partition coefficient (Wildman–Crippen LogP) is 3.85. The first-order valence-corrected chi connectivity index (χ1v) is 7.71. The molecule has 0 fully saturated rings. The van der Waals surface area contributed by atoms with Crippen molar-refractivity contribution in [2.45, 2.75) is 20.3 Å². The number of rotatable bonds is 5. The van der Waals surface area contributed by atoms with Gasteiger partial charge in [-0.05, 0) is 37.6 Å². The summed E-state index contributed by atoms with van der Waals surface area (Å²) < 4.78 is 19.4. The molecule has 0 bridgehead atoms. The average Bonchev–Trinajstić information content (AvgIpc) is 2.58. The van der Waals surface area contributed by atoms with Crippen molar-refractivity contribution in [3.05, 3.63) is 77.4 Å². The normalized spacial score (nSPS) is 10.5. The molecule has 0 radical (unpaired) electrons. The third-order valence-electron chi connectivity index (χ3n) is 3.72. The van der Waals surface area contributed by atoms with Crippen LogP contribution in [0.25, 0.3) is 0 Å². The van der Waals surface area contributed by atoms with Gasteiger partial charge in [0.25, 0.3) is 0 Å². The number of halogens is 1. The number of ether oxygens (including phenoxy) is 1. The Morgan fingerprint density at radius 1 is 1.08 bits per heavy atom. The van der Waals surface area contributed by atoms with Gasteiger partial charge in [-0.25, -0.2) is 14.4 Å². The summed E-state index contributed by atoms with van der Waals surface area (Å²) in [4.78, 5) is 24.5. The lowest BCUT2D eigenvalue weighted by atomic mass is 10.0. The molecule has 2 aromatic heterocycles. The van der Waals surface area contributed by atoms with Gasteiger partial charge >= 0.3 is 0 Å². The zero-order valence-corrected chi connectivity index (χ0v) is 13.9. The van der Waals surface area contributed by atoms with E-state index in [0.29, 0.717) is 11.4 Å². The largest absolute Gasteiger partial charge is 0.454 e. The lowest BCUT2D eigenvalue weighted by molar-refractivity contribution is 0.0991. The van der Waals surface area contributed by atoms with Crippen molar-refractivity contribution < 1.29 is 13.9 Å². The minimum Gasteiger partial charge on any atom is -0.454 e. The van der Waals surface area contributed by atoms with Gasteiger partial charge in [-0.15, -0.1) is 0 Å². The Balaban J connectivity index is 1.81. The molecule has 0 aliphatic rings. The second-order valence-corrected chi connectivity index (χ2v) is 5.66. The monoisotopic (exact) mass is 337 g/mol.